The molecule has 23 heavy (non-hydrogen) atoms. The summed E-state index contributed by atoms with van der Waals surface area (Å²) in [5.41, 5.74) is 1.04. The highest BCUT2D eigenvalue weighted by molar-refractivity contribution is 6.28. The van der Waals surface area contributed by atoms with Gasteiger partial charge >= 0.3 is 0 Å². The van der Waals surface area contributed by atoms with E-state index in [0.29, 0.717) is 5.89 Å². The van der Waals surface area contributed by atoms with E-state index in [1.54, 1.807) is 12.5 Å². The van der Waals surface area contributed by atoms with Crippen molar-refractivity contribution >= 4 is 32.3 Å². The summed E-state index contributed by atoms with van der Waals surface area (Å²) in [5.74, 6) is 0.663. The van der Waals surface area contributed by atoms with E-state index in [4.69, 9.17) is 4.42 Å². The van der Waals surface area contributed by atoms with Crippen LogP contribution in [-0.4, -0.2) is 4.98 Å². The average molecular weight is 295 g/mol. The first kappa shape index (κ1) is 12.4. The minimum Gasteiger partial charge on any atom is -0.445 e. The molecule has 0 spiro atoms. The maximum absolute atomic E-state index is 5.58. The first-order chi connectivity index (χ1) is 11.4. The molecule has 0 aliphatic rings. The van der Waals surface area contributed by atoms with Crippen molar-refractivity contribution in [3.05, 3.63) is 79.2 Å². The van der Waals surface area contributed by atoms with Crippen LogP contribution in [0, 0.1) is 0 Å². The predicted molar refractivity (Wildman–Crippen MR) is 94.5 cm³/mol. The summed E-state index contributed by atoms with van der Waals surface area (Å²) in [6.45, 7) is 0. The van der Waals surface area contributed by atoms with Crippen LogP contribution in [0.25, 0.3) is 43.8 Å². The second kappa shape index (κ2) is 4.68. The third-order valence-electron chi connectivity index (χ3n) is 4.43. The summed E-state index contributed by atoms with van der Waals surface area (Å²) >= 11 is 0. The zero-order chi connectivity index (χ0) is 15.2. The van der Waals surface area contributed by atoms with Crippen LogP contribution in [-0.2, 0) is 0 Å². The molecule has 0 aliphatic carbocycles. The van der Waals surface area contributed by atoms with Gasteiger partial charge in [-0.3, -0.25) is 0 Å². The maximum atomic E-state index is 5.58. The Labute approximate surface area is 133 Å². The van der Waals surface area contributed by atoms with Crippen molar-refractivity contribution in [2.45, 2.75) is 0 Å². The van der Waals surface area contributed by atoms with Gasteiger partial charge in [-0.05, 0) is 33.0 Å². The van der Waals surface area contributed by atoms with Gasteiger partial charge in [0.05, 0.1) is 6.20 Å². The molecule has 0 amide bonds. The van der Waals surface area contributed by atoms with Gasteiger partial charge in [0, 0.05) is 10.9 Å². The predicted octanol–water partition coefficient (Wildman–Crippen LogP) is 5.80. The SMILES string of the molecule is c1ccc2c(c1)c1ccccc1c1c(-c3ncco3)cccc21. The Morgan fingerprint density at radius 2 is 1.17 bits per heavy atom. The highest BCUT2D eigenvalue weighted by atomic mass is 16.3. The number of hydrogen-bond donors (Lipinski definition) is 0. The van der Waals surface area contributed by atoms with Crippen LogP contribution in [0.2, 0.25) is 0 Å². The van der Waals surface area contributed by atoms with Gasteiger partial charge in [0.1, 0.15) is 6.26 Å². The van der Waals surface area contributed by atoms with E-state index in [-0.39, 0.29) is 0 Å². The Morgan fingerprint density at radius 1 is 0.609 bits per heavy atom. The Hall–Kier alpha value is -3.13. The molecule has 0 saturated heterocycles. The Bertz CT molecular complexity index is 1110. The fourth-order valence-electron chi connectivity index (χ4n) is 3.49. The first-order valence-corrected chi connectivity index (χ1v) is 7.65. The lowest BCUT2D eigenvalue weighted by molar-refractivity contribution is 0.575. The summed E-state index contributed by atoms with van der Waals surface area (Å²) < 4.78 is 5.58. The summed E-state index contributed by atoms with van der Waals surface area (Å²) in [4.78, 5) is 4.36. The van der Waals surface area contributed by atoms with Gasteiger partial charge in [-0.25, -0.2) is 4.98 Å². The molecule has 0 radical (unpaired) electrons. The highest BCUT2D eigenvalue weighted by Gasteiger charge is 2.14. The van der Waals surface area contributed by atoms with E-state index in [0.717, 1.165) is 5.56 Å². The standard InChI is InChI=1S/C21H13NO/c1-2-7-16-14(6-1)15-8-3-4-9-17(15)20-18(16)10-5-11-19(20)21-22-12-13-23-21/h1-13H. The van der Waals surface area contributed by atoms with Crippen LogP contribution in [0.1, 0.15) is 0 Å². The fraction of sp³-hybridized carbons (Fsp3) is 0. The average Bonchev–Trinajstić information content (AvgIpc) is 3.16. The molecule has 2 heteroatoms. The second-order valence-corrected chi connectivity index (χ2v) is 5.66. The van der Waals surface area contributed by atoms with Gasteiger partial charge < -0.3 is 4.42 Å². The normalized spacial score (nSPS) is 11.5. The van der Waals surface area contributed by atoms with E-state index in [1.807, 2.05) is 0 Å². The van der Waals surface area contributed by atoms with E-state index >= 15 is 0 Å². The first-order valence-electron chi connectivity index (χ1n) is 7.65. The van der Waals surface area contributed by atoms with Crippen LogP contribution in [0.4, 0.5) is 0 Å². The highest BCUT2D eigenvalue weighted by Crippen LogP contribution is 2.39. The van der Waals surface area contributed by atoms with E-state index in [2.05, 4.69) is 71.7 Å². The fourth-order valence-corrected chi connectivity index (χ4v) is 3.49. The van der Waals surface area contributed by atoms with Crippen molar-refractivity contribution in [2.24, 2.45) is 0 Å². The Kier molecular flexibility index (Phi) is 2.53. The Balaban J connectivity index is 2.12. The van der Waals surface area contributed by atoms with Crippen LogP contribution in [0.5, 0.6) is 0 Å². The molecule has 5 rings (SSSR count). The topological polar surface area (TPSA) is 26.0 Å². The number of nitrogens with zero attached hydrogens (tertiary/aromatic N) is 1. The lowest BCUT2D eigenvalue weighted by atomic mass is 9.92. The molecule has 1 aromatic heterocycles. The van der Waals surface area contributed by atoms with Crippen LogP contribution < -0.4 is 0 Å². The molecule has 4 aromatic carbocycles. The van der Waals surface area contributed by atoms with Crippen LogP contribution in [0.15, 0.2) is 83.6 Å². The molecule has 1 heterocycles. The molecule has 0 saturated carbocycles. The summed E-state index contributed by atoms with van der Waals surface area (Å²) in [5, 5.41) is 7.46. The quantitative estimate of drug-likeness (QED) is 0.365. The van der Waals surface area contributed by atoms with Crippen molar-refractivity contribution < 1.29 is 4.42 Å². The monoisotopic (exact) mass is 295 g/mol. The summed E-state index contributed by atoms with van der Waals surface area (Å²) in [7, 11) is 0. The Morgan fingerprint density at radius 3 is 1.78 bits per heavy atom. The van der Waals surface area contributed by atoms with Gasteiger partial charge in [-0.15, -0.1) is 0 Å². The second-order valence-electron chi connectivity index (χ2n) is 5.66. The third-order valence-corrected chi connectivity index (χ3v) is 4.43. The van der Waals surface area contributed by atoms with E-state index in [1.165, 1.54) is 32.3 Å². The minimum atomic E-state index is 0.663. The van der Waals surface area contributed by atoms with Gasteiger partial charge in [0.2, 0.25) is 5.89 Å². The summed E-state index contributed by atoms with van der Waals surface area (Å²) in [6.07, 6.45) is 3.31. The number of oxazole rings is 1. The number of fused-ring (bicyclic) bond motifs is 6. The van der Waals surface area contributed by atoms with Crippen molar-refractivity contribution in [3.63, 3.8) is 0 Å². The van der Waals surface area contributed by atoms with E-state index < -0.39 is 0 Å². The number of benzene rings is 4. The molecule has 0 atom stereocenters. The zero-order valence-corrected chi connectivity index (χ0v) is 12.4. The third kappa shape index (κ3) is 1.72. The number of rotatable bonds is 1. The summed E-state index contributed by atoms with van der Waals surface area (Å²) in [6, 6.07) is 23.4. The molecular formula is C21H13NO. The van der Waals surface area contributed by atoms with Crippen LogP contribution in [0.3, 0.4) is 0 Å². The number of aromatic nitrogens is 1. The van der Waals surface area contributed by atoms with Gasteiger partial charge in [-0.2, -0.15) is 0 Å². The largest absolute Gasteiger partial charge is 0.445 e. The molecule has 0 aliphatic heterocycles. The van der Waals surface area contributed by atoms with Gasteiger partial charge in [-0.1, -0.05) is 60.7 Å². The van der Waals surface area contributed by atoms with Crippen molar-refractivity contribution in [1.82, 2.24) is 4.98 Å². The molecular weight excluding hydrogens is 282 g/mol. The smallest absolute Gasteiger partial charge is 0.226 e. The van der Waals surface area contributed by atoms with Crippen LogP contribution >= 0.6 is 0 Å². The lowest BCUT2D eigenvalue weighted by Gasteiger charge is -2.12. The molecule has 0 bridgehead atoms. The van der Waals surface area contributed by atoms with Crippen molar-refractivity contribution in [3.8, 4) is 11.5 Å². The van der Waals surface area contributed by atoms with E-state index in [9.17, 15) is 0 Å². The number of hydrogen-bond acceptors (Lipinski definition) is 2. The molecule has 0 fully saturated rings. The zero-order valence-electron chi connectivity index (χ0n) is 12.4. The molecule has 0 unspecified atom stereocenters. The lowest BCUT2D eigenvalue weighted by Crippen LogP contribution is -1.86. The molecule has 108 valence electrons. The van der Waals surface area contributed by atoms with Gasteiger partial charge in [0.15, 0.2) is 0 Å². The minimum absolute atomic E-state index is 0.663. The maximum Gasteiger partial charge on any atom is 0.226 e. The van der Waals surface area contributed by atoms with Crippen molar-refractivity contribution in [1.29, 1.82) is 0 Å². The molecule has 2 nitrogen and oxygen atoms in total. The van der Waals surface area contributed by atoms with Gasteiger partial charge in [0.25, 0.3) is 0 Å². The molecule has 5 aromatic rings. The molecule has 0 N–H and O–H groups in total. The van der Waals surface area contributed by atoms with Crippen molar-refractivity contribution in [2.75, 3.05) is 0 Å².